The predicted octanol–water partition coefficient (Wildman–Crippen LogP) is 2.11. The van der Waals surface area contributed by atoms with Gasteiger partial charge in [-0.3, -0.25) is 0 Å². The van der Waals surface area contributed by atoms with E-state index in [0.717, 1.165) is 12.2 Å². The summed E-state index contributed by atoms with van der Waals surface area (Å²) in [5.74, 6) is -0.604. The van der Waals surface area contributed by atoms with Gasteiger partial charge >= 0.3 is 0 Å². The molecule has 2 saturated heterocycles. The van der Waals surface area contributed by atoms with Gasteiger partial charge in [-0.25, -0.2) is 0 Å². The van der Waals surface area contributed by atoms with Crippen LogP contribution in [0.4, 0.5) is 0 Å². The Morgan fingerprint density at radius 2 is 2.05 bits per heavy atom. The van der Waals surface area contributed by atoms with Gasteiger partial charge in [0.15, 0.2) is 5.79 Å². The highest BCUT2D eigenvalue weighted by atomic mass is 16.8. The van der Waals surface area contributed by atoms with Gasteiger partial charge in [0.2, 0.25) is 0 Å². The van der Waals surface area contributed by atoms with E-state index in [4.69, 9.17) is 19.0 Å². The average Bonchev–Trinajstić information content (AvgIpc) is 3.21. The smallest absolute Gasteiger partial charge is 0.164 e. The SMILES string of the molecule is CC1(C)O[C@H]([C@H]2CO2)[C@H](/C=N/OCc2ccccc2)O1. The van der Waals surface area contributed by atoms with Gasteiger partial charge in [0.25, 0.3) is 0 Å². The second-order valence-corrected chi connectivity index (χ2v) is 5.45. The molecular formula is C15H19NO4. The largest absolute Gasteiger partial charge is 0.391 e. The zero-order valence-electron chi connectivity index (χ0n) is 11.7. The normalized spacial score (nSPS) is 31.6. The summed E-state index contributed by atoms with van der Waals surface area (Å²) in [6, 6.07) is 9.90. The number of ether oxygens (including phenoxy) is 3. The van der Waals surface area contributed by atoms with Crippen LogP contribution in [0.15, 0.2) is 35.5 Å². The van der Waals surface area contributed by atoms with E-state index in [-0.39, 0.29) is 18.3 Å². The predicted molar refractivity (Wildman–Crippen MR) is 73.3 cm³/mol. The van der Waals surface area contributed by atoms with E-state index in [2.05, 4.69) is 5.16 Å². The monoisotopic (exact) mass is 277 g/mol. The van der Waals surface area contributed by atoms with Gasteiger partial charge in [-0.2, -0.15) is 0 Å². The maximum Gasteiger partial charge on any atom is 0.164 e. The number of oxime groups is 1. The molecule has 3 atom stereocenters. The molecule has 0 amide bonds. The van der Waals surface area contributed by atoms with E-state index in [9.17, 15) is 0 Å². The Balaban J connectivity index is 1.52. The fourth-order valence-corrected chi connectivity index (χ4v) is 2.25. The highest BCUT2D eigenvalue weighted by Gasteiger charge is 2.49. The quantitative estimate of drug-likeness (QED) is 0.470. The molecule has 1 aromatic carbocycles. The Kier molecular flexibility index (Phi) is 3.74. The van der Waals surface area contributed by atoms with Crippen LogP contribution in [0.5, 0.6) is 0 Å². The van der Waals surface area contributed by atoms with E-state index in [1.165, 1.54) is 0 Å². The summed E-state index contributed by atoms with van der Waals surface area (Å²) >= 11 is 0. The summed E-state index contributed by atoms with van der Waals surface area (Å²) in [6.45, 7) is 4.94. The molecule has 20 heavy (non-hydrogen) atoms. The summed E-state index contributed by atoms with van der Waals surface area (Å²) in [7, 11) is 0. The maximum absolute atomic E-state index is 5.81. The second-order valence-electron chi connectivity index (χ2n) is 5.45. The summed E-state index contributed by atoms with van der Waals surface area (Å²) in [6.07, 6.45) is 1.44. The minimum atomic E-state index is -0.604. The van der Waals surface area contributed by atoms with Crippen molar-refractivity contribution in [3.63, 3.8) is 0 Å². The number of epoxide rings is 1. The molecule has 0 N–H and O–H groups in total. The number of hydrogen-bond donors (Lipinski definition) is 0. The van der Waals surface area contributed by atoms with Crippen LogP contribution in [-0.2, 0) is 25.7 Å². The lowest BCUT2D eigenvalue weighted by molar-refractivity contribution is -0.143. The van der Waals surface area contributed by atoms with Crippen LogP contribution in [0.2, 0.25) is 0 Å². The van der Waals surface area contributed by atoms with E-state index in [1.54, 1.807) is 6.21 Å². The van der Waals surface area contributed by atoms with Crippen molar-refractivity contribution in [1.82, 2.24) is 0 Å². The van der Waals surface area contributed by atoms with Crippen molar-refractivity contribution >= 4 is 6.21 Å². The van der Waals surface area contributed by atoms with Gasteiger partial charge in [0.05, 0.1) is 12.8 Å². The molecule has 0 spiro atoms. The summed E-state index contributed by atoms with van der Waals surface area (Å²) in [5.41, 5.74) is 1.08. The van der Waals surface area contributed by atoms with Crippen LogP contribution >= 0.6 is 0 Å². The van der Waals surface area contributed by atoms with Crippen molar-refractivity contribution in [2.45, 2.75) is 44.6 Å². The second kappa shape index (κ2) is 5.52. The Morgan fingerprint density at radius 1 is 1.30 bits per heavy atom. The standard InChI is InChI=1S/C15H19NO4/c1-15(2)19-12(14(20-15)13-10-17-13)8-16-18-9-11-6-4-3-5-7-11/h3-8,12-14H,9-10H2,1-2H3/b16-8+/t12-,13+,14-/m0/s1. The molecule has 2 fully saturated rings. The number of rotatable bonds is 5. The number of nitrogens with zero attached hydrogens (tertiary/aromatic N) is 1. The lowest BCUT2D eigenvalue weighted by Gasteiger charge is -2.15. The molecule has 0 aromatic heterocycles. The molecule has 1 aromatic rings. The van der Waals surface area contributed by atoms with E-state index in [1.807, 2.05) is 44.2 Å². The third-order valence-corrected chi connectivity index (χ3v) is 3.25. The van der Waals surface area contributed by atoms with Crippen molar-refractivity contribution in [2.75, 3.05) is 6.61 Å². The minimum absolute atomic E-state index is 0.103. The van der Waals surface area contributed by atoms with E-state index >= 15 is 0 Å². The minimum Gasteiger partial charge on any atom is -0.391 e. The molecule has 0 radical (unpaired) electrons. The first-order valence-corrected chi connectivity index (χ1v) is 6.81. The topological polar surface area (TPSA) is 52.6 Å². The van der Waals surface area contributed by atoms with Crippen LogP contribution in [0.1, 0.15) is 19.4 Å². The highest BCUT2D eigenvalue weighted by molar-refractivity contribution is 5.64. The number of hydrogen-bond acceptors (Lipinski definition) is 5. The van der Waals surface area contributed by atoms with Gasteiger partial charge in [-0.05, 0) is 19.4 Å². The first kappa shape index (κ1) is 13.5. The van der Waals surface area contributed by atoms with Crippen LogP contribution in [0.25, 0.3) is 0 Å². The first-order chi connectivity index (χ1) is 9.64. The molecule has 0 saturated carbocycles. The lowest BCUT2D eigenvalue weighted by atomic mass is 10.2. The third kappa shape index (κ3) is 3.36. The third-order valence-electron chi connectivity index (χ3n) is 3.25. The molecule has 5 nitrogen and oxygen atoms in total. The molecule has 2 aliphatic heterocycles. The summed E-state index contributed by atoms with van der Waals surface area (Å²) in [5, 5.41) is 3.99. The van der Waals surface area contributed by atoms with Gasteiger partial charge < -0.3 is 19.0 Å². The fourth-order valence-electron chi connectivity index (χ4n) is 2.25. The van der Waals surface area contributed by atoms with Crippen LogP contribution in [-0.4, -0.2) is 36.9 Å². The fraction of sp³-hybridized carbons (Fsp3) is 0.533. The summed E-state index contributed by atoms with van der Waals surface area (Å²) in [4.78, 5) is 5.29. The molecule has 5 heteroatoms. The molecular weight excluding hydrogens is 258 g/mol. The van der Waals surface area contributed by atoms with Gasteiger partial charge in [0.1, 0.15) is 24.9 Å². The van der Waals surface area contributed by atoms with Gasteiger partial charge in [0, 0.05) is 0 Å². The Bertz CT molecular complexity index is 470. The molecule has 3 rings (SSSR count). The average molecular weight is 277 g/mol. The zero-order valence-corrected chi connectivity index (χ0v) is 11.7. The van der Waals surface area contributed by atoms with Crippen molar-refractivity contribution in [2.24, 2.45) is 5.16 Å². The Hall–Kier alpha value is -1.43. The Morgan fingerprint density at radius 3 is 2.75 bits per heavy atom. The molecule has 2 heterocycles. The van der Waals surface area contributed by atoms with Crippen molar-refractivity contribution in [3.05, 3.63) is 35.9 Å². The number of benzene rings is 1. The zero-order chi connectivity index (χ0) is 14.0. The molecule has 0 unspecified atom stereocenters. The molecule has 0 bridgehead atoms. The van der Waals surface area contributed by atoms with Gasteiger partial charge in [-0.1, -0.05) is 35.5 Å². The lowest BCUT2D eigenvalue weighted by Crippen LogP contribution is -2.29. The molecule has 2 aliphatic rings. The van der Waals surface area contributed by atoms with Crippen molar-refractivity contribution < 1.29 is 19.0 Å². The van der Waals surface area contributed by atoms with Crippen LogP contribution < -0.4 is 0 Å². The van der Waals surface area contributed by atoms with Crippen LogP contribution in [0, 0.1) is 0 Å². The first-order valence-electron chi connectivity index (χ1n) is 6.81. The van der Waals surface area contributed by atoms with Crippen molar-refractivity contribution in [3.8, 4) is 0 Å². The van der Waals surface area contributed by atoms with Crippen molar-refractivity contribution in [1.29, 1.82) is 0 Å². The van der Waals surface area contributed by atoms with E-state index < -0.39 is 5.79 Å². The highest BCUT2D eigenvalue weighted by Crippen LogP contribution is 2.33. The summed E-state index contributed by atoms with van der Waals surface area (Å²) < 4.78 is 16.9. The maximum atomic E-state index is 5.81. The van der Waals surface area contributed by atoms with E-state index in [0.29, 0.717) is 6.61 Å². The Labute approximate surface area is 118 Å². The van der Waals surface area contributed by atoms with Gasteiger partial charge in [-0.15, -0.1) is 0 Å². The molecule has 108 valence electrons. The van der Waals surface area contributed by atoms with Crippen LogP contribution in [0.3, 0.4) is 0 Å². The molecule has 0 aliphatic carbocycles.